The van der Waals surface area contributed by atoms with E-state index in [2.05, 4.69) is 32.4 Å². The zero-order valence-electron chi connectivity index (χ0n) is 21.4. The van der Waals surface area contributed by atoms with E-state index in [9.17, 15) is 0 Å². The van der Waals surface area contributed by atoms with Gasteiger partial charge in [-0.1, -0.05) is 30.1 Å². The molecule has 0 aliphatic carbocycles. The maximum absolute atomic E-state index is 6.69. The Bertz CT molecular complexity index is 1360. The first-order valence-corrected chi connectivity index (χ1v) is 13.5. The molecule has 0 spiro atoms. The van der Waals surface area contributed by atoms with Crippen LogP contribution in [0.4, 0.5) is 11.8 Å². The van der Waals surface area contributed by atoms with Crippen molar-refractivity contribution in [1.82, 2.24) is 29.9 Å². The average molecular weight is 540 g/mol. The molecule has 194 valence electrons. The molecule has 3 aromatic heterocycles. The fourth-order valence-corrected chi connectivity index (χ4v) is 5.66. The topological polar surface area (TPSA) is 83.3 Å². The summed E-state index contributed by atoms with van der Waals surface area (Å²) in [7, 11) is 0. The van der Waals surface area contributed by atoms with Crippen molar-refractivity contribution in [2.75, 3.05) is 36.4 Å². The molecule has 10 heteroatoms. The number of anilines is 2. The summed E-state index contributed by atoms with van der Waals surface area (Å²) in [4.78, 5) is 15.8. The van der Waals surface area contributed by atoms with Gasteiger partial charge < -0.3 is 15.5 Å². The van der Waals surface area contributed by atoms with Crippen molar-refractivity contribution in [2.45, 2.75) is 46.1 Å². The van der Waals surface area contributed by atoms with E-state index in [1.54, 1.807) is 12.4 Å². The zero-order chi connectivity index (χ0) is 25.9. The number of benzene rings is 1. The van der Waals surface area contributed by atoms with Gasteiger partial charge in [-0.25, -0.2) is 15.0 Å². The molecule has 0 unspecified atom stereocenters. The van der Waals surface area contributed by atoms with Crippen molar-refractivity contribution in [3.63, 3.8) is 0 Å². The highest BCUT2D eigenvalue weighted by molar-refractivity contribution is 6.39. The van der Waals surface area contributed by atoms with Crippen molar-refractivity contribution in [3.05, 3.63) is 63.7 Å². The molecule has 1 aromatic carbocycles. The molecule has 1 aliphatic rings. The van der Waals surface area contributed by atoms with E-state index in [1.165, 1.54) is 0 Å². The van der Waals surface area contributed by atoms with Gasteiger partial charge in [-0.15, -0.1) is 0 Å². The highest BCUT2D eigenvalue weighted by atomic mass is 35.5. The second kappa shape index (κ2) is 11.2. The van der Waals surface area contributed by atoms with Gasteiger partial charge in [-0.3, -0.25) is 0 Å². The van der Waals surface area contributed by atoms with Crippen LogP contribution in [0.3, 0.4) is 0 Å². The number of nitrogens with one attached hydrogen (secondary N) is 2. The van der Waals surface area contributed by atoms with Gasteiger partial charge in [-0.2, -0.15) is 9.61 Å². The first-order chi connectivity index (χ1) is 17.9. The van der Waals surface area contributed by atoms with Crippen LogP contribution in [0.1, 0.15) is 36.7 Å². The summed E-state index contributed by atoms with van der Waals surface area (Å²) in [6.45, 7) is 9.57. The van der Waals surface area contributed by atoms with E-state index in [1.807, 2.05) is 42.6 Å². The number of aromatic nitrogens is 5. The van der Waals surface area contributed by atoms with Gasteiger partial charge in [0.15, 0.2) is 5.65 Å². The lowest BCUT2D eigenvalue weighted by Gasteiger charge is -2.32. The van der Waals surface area contributed by atoms with Crippen molar-refractivity contribution in [2.24, 2.45) is 0 Å². The summed E-state index contributed by atoms with van der Waals surface area (Å²) in [5.41, 5.74) is 5.24. The number of aryl methyl sites for hydroxylation is 3. The van der Waals surface area contributed by atoms with Crippen LogP contribution in [0.25, 0.3) is 16.8 Å². The first-order valence-electron chi connectivity index (χ1n) is 12.8. The summed E-state index contributed by atoms with van der Waals surface area (Å²) in [6.07, 6.45) is 6.60. The van der Waals surface area contributed by atoms with Crippen LogP contribution >= 0.6 is 23.2 Å². The Hall–Kier alpha value is -2.94. The summed E-state index contributed by atoms with van der Waals surface area (Å²) in [6, 6.07) is 8.30. The molecule has 1 aliphatic heterocycles. The summed E-state index contributed by atoms with van der Waals surface area (Å²) < 4.78 is 1.86. The monoisotopic (exact) mass is 538 g/mol. The number of hydrogen-bond acceptors (Lipinski definition) is 7. The number of rotatable bonds is 8. The van der Waals surface area contributed by atoms with Gasteiger partial charge >= 0.3 is 0 Å². The molecule has 2 N–H and O–H groups in total. The Balaban J connectivity index is 1.26. The molecule has 4 aromatic rings. The number of fused-ring (bicyclic) bond motifs is 1. The van der Waals surface area contributed by atoms with Crippen LogP contribution in [0.5, 0.6) is 0 Å². The summed E-state index contributed by atoms with van der Waals surface area (Å²) in [5, 5.41) is 13.3. The van der Waals surface area contributed by atoms with E-state index in [-0.39, 0.29) is 0 Å². The number of piperidine rings is 1. The van der Waals surface area contributed by atoms with Crippen LogP contribution in [-0.2, 0) is 6.42 Å². The molecule has 0 atom stereocenters. The van der Waals surface area contributed by atoms with Gasteiger partial charge in [0.25, 0.3) is 0 Å². The van der Waals surface area contributed by atoms with Gasteiger partial charge in [-0.05, 0) is 56.9 Å². The molecule has 1 saturated heterocycles. The molecule has 1 fully saturated rings. The molecule has 4 heterocycles. The lowest BCUT2D eigenvalue weighted by molar-refractivity contribution is 0.418. The zero-order valence-corrected chi connectivity index (χ0v) is 22.9. The Labute approximate surface area is 227 Å². The molecule has 5 rings (SSSR count). The average Bonchev–Trinajstić information content (AvgIpc) is 3.22. The molecular formula is C27H32Cl2N8. The first kappa shape index (κ1) is 25.7. The fraction of sp³-hybridized carbons (Fsp3) is 0.407. The van der Waals surface area contributed by atoms with E-state index >= 15 is 0 Å². The van der Waals surface area contributed by atoms with E-state index in [4.69, 9.17) is 33.3 Å². The Morgan fingerprint density at radius 2 is 1.68 bits per heavy atom. The quantitative estimate of drug-likeness (QED) is 0.293. The van der Waals surface area contributed by atoms with Crippen LogP contribution < -0.4 is 15.5 Å². The third kappa shape index (κ3) is 5.51. The molecule has 0 radical (unpaired) electrons. The standard InChI is InChI=1S/C27H32Cl2N8/c1-4-19-15-21(28)25(22(29)16-19)24-18(3)35-37-23(14-17(2)34-26(24)37)31-11-10-30-20-6-12-36(13-7-20)27-32-8-5-9-33-27/h5,8-9,14-16,20,30-31H,4,6-7,10-13H2,1-3H3. The summed E-state index contributed by atoms with van der Waals surface area (Å²) >= 11 is 13.4. The maximum Gasteiger partial charge on any atom is 0.225 e. The third-order valence-electron chi connectivity index (χ3n) is 6.85. The molecule has 37 heavy (non-hydrogen) atoms. The lowest BCUT2D eigenvalue weighted by atomic mass is 10.0. The third-order valence-corrected chi connectivity index (χ3v) is 7.44. The van der Waals surface area contributed by atoms with E-state index in [0.29, 0.717) is 16.1 Å². The number of nitrogens with zero attached hydrogens (tertiary/aromatic N) is 6. The fourth-order valence-electron chi connectivity index (χ4n) is 4.94. The van der Waals surface area contributed by atoms with Crippen LogP contribution in [0.15, 0.2) is 36.7 Å². The lowest BCUT2D eigenvalue weighted by Crippen LogP contribution is -2.44. The maximum atomic E-state index is 6.69. The highest BCUT2D eigenvalue weighted by Gasteiger charge is 2.22. The van der Waals surface area contributed by atoms with Crippen LogP contribution in [0.2, 0.25) is 10.0 Å². The SMILES string of the molecule is CCc1cc(Cl)c(-c2c(C)nn3c(NCCNC4CCN(c5ncccn5)CC4)cc(C)nc23)c(Cl)c1. The van der Waals surface area contributed by atoms with Crippen molar-refractivity contribution in [3.8, 4) is 11.1 Å². The normalized spacial score (nSPS) is 14.5. The molecule has 8 nitrogen and oxygen atoms in total. The Morgan fingerprint density at radius 1 is 0.973 bits per heavy atom. The minimum absolute atomic E-state index is 0.481. The summed E-state index contributed by atoms with van der Waals surface area (Å²) in [5.74, 6) is 1.71. The van der Waals surface area contributed by atoms with Crippen LogP contribution in [0, 0.1) is 13.8 Å². The second-order valence-corrected chi connectivity index (χ2v) is 10.3. The highest BCUT2D eigenvalue weighted by Crippen LogP contribution is 2.40. The van der Waals surface area contributed by atoms with Crippen molar-refractivity contribution in [1.29, 1.82) is 0 Å². The predicted octanol–water partition coefficient (Wildman–Crippen LogP) is 5.34. The van der Waals surface area contributed by atoms with Crippen molar-refractivity contribution < 1.29 is 0 Å². The molecule has 0 bridgehead atoms. The number of hydrogen-bond donors (Lipinski definition) is 2. The minimum atomic E-state index is 0.481. The largest absolute Gasteiger partial charge is 0.369 e. The second-order valence-electron chi connectivity index (χ2n) is 9.46. The Morgan fingerprint density at radius 3 is 2.35 bits per heavy atom. The Kier molecular flexibility index (Phi) is 7.79. The van der Waals surface area contributed by atoms with E-state index in [0.717, 1.165) is 90.9 Å². The predicted molar refractivity (Wildman–Crippen MR) is 151 cm³/mol. The molecule has 0 saturated carbocycles. The van der Waals surface area contributed by atoms with Gasteiger partial charge in [0.05, 0.1) is 21.3 Å². The van der Waals surface area contributed by atoms with Gasteiger partial charge in [0.1, 0.15) is 5.82 Å². The van der Waals surface area contributed by atoms with Crippen molar-refractivity contribution >= 4 is 40.6 Å². The minimum Gasteiger partial charge on any atom is -0.369 e. The smallest absolute Gasteiger partial charge is 0.225 e. The van der Waals surface area contributed by atoms with E-state index < -0.39 is 0 Å². The molecular weight excluding hydrogens is 507 g/mol. The van der Waals surface area contributed by atoms with Gasteiger partial charge in [0, 0.05) is 61.9 Å². The van der Waals surface area contributed by atoms with Crippen LogP contribution in [-0.4, -0.2) is 56.8 Å². The molecule has 0 amide bonds. The number of halogens is 2. The van der Waals surface area contributed by atoms with Gasteiger partial charge in [0.2, 0.25) is 5.95 Å².